The largest absolute Gasteiger partial charge is 0.388 e. The fourth-order valence-electron chi connectivity index (χ4n) is 3.73. The summed E-state index contributed by atoms with van der Waals surface area (Å²) in [6, 6.07) is 6.23. The minimum Gasteiger partial charge on any atom is -0.388 e. The summed E-state index contributed by atoms with van der Waals surface area (Å²) in [6.07, 6.45) is 4.10. The number of benzene rings is 1. The molecule has 3 atom stereocenters. The summed E-state index contributed by atoms with van der Waals surface area (Å²) in [7, 11) is 0. The lowest BCUT2D eigenvalue weighted by Crippen LogP contribution is -2.35. The van der Waals surface area contributed by atoms with E-state index in [1.165, 1.54) is 24.0 Å². The van der Waals surface area contributed by atoms with Crippen LogP contribution >= 0.6 is 0 Å². The molecule has 1 saturated carbocycles. The molecule has 0 heterocycles. The topological polar surface area (TPSA) is 46.2 Å². The van der Waals surface area contributed by atoms with Crippen LogP contribution in [0.15, 0.2) is 18.2 Å². The van der Waals surface area contributed by atoms with Crippen molar-refractivity contribution in [3.8, 4) is 0 Å². The van der Waals surface area contributed by atoms with Gasteiger partial charge in [-0.1, -0.05) is 31.5 Å². The Labute approximate surface area is 117 Å². The summed E-state index contributed by atoms with van der Waals surface area (Å²) >= 11 is 0. The maximum Gasteiger partial charge on any atom is 0.0863 e. The summed E-state index contributed by atoms with van der Waals surface area (Å²) in [5.41, 5.74) is 9.41. The normalized spacial score (nSPS) is 28.6. The number of aryl methyl sites for hydroxylation is 2. The maximum atomic E-state index is 11.0. The third-order valence-electron chi connectivity index (χ3n) is 5.13. The van der Waals surface area contributed by atoms with Crippen LogP contribution in [0.3, 0.4) is 0 Å². The molecule has 3 N–H and O–H groups in total. The van der Waals surface area contributed by atoms with E-state index in [0.717, 1.165) is 24.3 Å². The van der Waals surface area contributed by atoms with Crippen LogP contribution in [-0.2, 0) is 0 Å². The van der Waals surface area contributed by atoms with Crippen molar-refractivity contribution in [1.29, 1.82) is 0 Å². The number of nitrogens with two attached hydrogens (primary N) is 1. The molecule has 0 spiro atoms. The molecule has 2 nitrogen and oxygen atoms in total. The highest BCUT2D eigenvalue weighted by Gasteiger charge is 2.44. The van der Waals surface area contributed by atoms with Gasteiger partial charge in [-0.05, 0) is 55.7 Å². The van der Waals surface area contributed by atoms with E-state index in [1.807, 2.05) is 0 Å². The van der Waals surface area contributed by atoms with Gasteiger partial charge in [0, 0.05) is 12.0 Å². The lowest BCUT2D eigenvalue weighted by atomic mass is 9.74. The number of hydrogen-bond donors (Lipinski definition) is 2. The van der Waals surface area contributed by atoms with Crippen molar-refractivity contribution in [2.75, 3.05) is 6.54 Å². The van der Waals surface area contributed by atoms with Crippen molar-refractivity contribution in [1.82, 2.24) is 0 Å². The van der Waals surface area contributed by atoms with Gasteiger partial charge in [0.05, 0.1) is 6.10 Å². The minimum atomic E-state index is -0.421. The van der Waals surface area contributed by atoms with E-state index in [4.69, 9.17) is 5.73 Å². The second-order valence-corrected chi connectivity index (χ2v) is 6.29. The van der Waals surface area contributed by atoms with Gasteiger partial charge in [-0.2, -0.15) is 0 Å². The Morgan fingerprint density at radius 2 is 2.00 bits per heavy atom. The van der Waals surface area contributed by atoms with Crippen LogP contribution in [0.5, 0.6) is 0 Å². The molecule has 0 aromatic heterocycles. The Kier molecular flexibility index (Phi) is 4.32. The van der Waals surface area contributed by atoms with Crippen LogP contribution < -0.4 is 5.73 Å². The van der Waals surface area contributed by atoms with Crippen molar-refractivity contribution in [2.45, 2.75) is 52.6 Å². The molecule has 19 heavy (non-hydrogen) atoms. The minimum absolute atomic E-state index is 0.114. The number of rotatable bonds is 4. The zero-order chi connectivity index (χ0) is 14.0. The number of aliphatic hydroxyl groups excluding tert-OH is 1. The zero-order valence-corrected chi connectivity index (χ0v) is 12.4. The van der Waals surface area contributed by atoms with Gasteiger partial charge in [-0.3, -0.25) is 0 Å². The second kappa shape index (κ2) is 5.64. The molecule has 2 heteroatoms. The smallest absolute Gasteiger partial charge is 0.0863 e. The Bertz CT molecular complexity index is 423. The van der Waals surface area contributed by atoms with Crippen LogP contribution in [0.25, 0.3) is 0 Å². The van der Waals surface area contributed by atoms with Crippen molar-refractivity contribution in [3.63, 3.8) is 0 Å². The van der Waals surface area contributed by atoms with E-state index < -0.39 is 6.10 Å². The molecule has 1 fully saturated rings. The molecule has 0 amide bonds. The second-order valence-electron chi connectivity index (χ2n) is 6.29. The Hall–Kier alpha value is -0.860. The van der Waals surface area contributed by atoms with Crippen molar-refractivity contribution in [3.05, 3.63) is 34.9 Å². The molecule has 3 unspecified atom stereocenters. The van der Waals surface area contributed by atoms with Gasteiger partial charge >= 0.3 is 0 Å². The molecule has 0 aliphatic heterocycles. The van der Waals surface area contributed by atoms with Gasteiger partial charge in [0.1, 0.15) is 0 Å². The van der Waals surface area contributed by atoms with E-state index >= 15 is 0 Å². The molecular weight excluding hydrogens is 234 g/mol. The van der Waals surface area contributed by atoms with Gasteiger partial charge < -0.3 is 10.8 Å². The van der Waals surface area contributed by atoms with Gasteiger partial charge in [0.15, 0.2) is 0 Å². The lowest BCUT2D eigenvalue weighted by Gasteiger charge is -2.35. The molecule has 106 valence electrons. The first-order valence-electron chi connectivity index (χ1n) is 7.48. The van der Waals surface area contributed by atoms with E-state index in [1.54, 1.807) is 0 Å². The fourth-order valence-corrected chi connectivity index (χ4v) is 3.73. The van der Waals surface area contributed by atoms with E-state index in [0.29, 0.717) is 6.54 Å². The van der Waals surface area contributed by atoms with Gasteiger partial charge in [-0.15, -0.1) is 0 Å². The summed E-state index contributed by atoms with van der Waals surface area (Å²) in [4.78, 5) is 0. The highest BCUT2D eigenvalue weighted by molar-refractivity contribution is 5.36. The third-order valence-corrected chi connectivity index (χ3v) is 5.13. The maximum absolute atomic E-state index is 11.0. The third kappa shape index (κ3) is 2.56. The lowest BCUT2D eigenvalue weighted by molar-refractivity contribution is 0.0292. The van der Waals surface area contributed by atoms with E-state index in [2.05, 4.69) is 39.0 Å². The molecule has 0 radical (unpaired) electrons. The number of hydrogen-bond acceptors (Lipinski definition) is 2. The SMILES string of the molecule is CCC1CCC(CN)(C(O)c2c(C)cccc2C)C1. The summed E-state index contributed by atoms with van der Waals surface area (Å²) in [6.45, 7) is 6.99. The zero-order valence-electron chi connectivity index (χ0n) is 12.4. The highest BCUT2D eigenvalue weighted by Crippen LogP contribution is 2.51. The molecule has 1 aromatic rings. The average Bonchev–Trinajstić information content (AvgIpc) is 2.83. The summed E-state index contributed by atoms with van der Waals surface area (Å²) in [5.74, 6) is 0.725. The fraction of sp³-hybridized carbons (Fsp3) is 0.647. The first-order valence-corrected chi connectivity index (χ1v) is 7.48. The quantitative estimate of drug-likeness (QED) is 0.871. The Morgan fingerprint density at radius 1 is 1.37 bits per heavy atom. The van der Waals surface area contributed by atoms with Gasteiger partial charge in [0.2, 0.25) is 0 Å². The van der Waals surface area contributed by atoms with Crippen LogP contribution in [0.1, 0.15) is 55.4 Å². The first kappa shape index (κ1) is 14.5. The van der Waals surface area contributed by atoms with Crippen molar-refractivity contribution >= 4 is 0 Å². The van der Waals surface area contributed by atoms with Crippen LogP contribution in [0.4, 0.5) is 0 Å². The molecule has 1 aliphatic carbocycles. The standard InChI is InChI=1S/C17H27NO/c1-4-14-8-9-17(10-14,11-18)16(19)15-12(2)6-5-7-13(15)3/h5-7,14,16,19H,4,8-11,18H2,1-3H3. The van der Waals surface area contributed by atoms with Crippen LogP contribution in [-0.4, -0.2) is 11.7 Å². The molecular formula is C17H27NO. The molecule has 0 bridgehead atoms. The van der Waals surface area contributed by atoms with E-state index in [-0.39, 0.29) is 5.41 Å². The molecule has 0 saturated heterocycles. The summed E-state index contributed by atoms with van der Waals surface area (Å²) < 4.78 is 0. The van der Waals surface area contributed by atoms with Gasteiger partial charge in [0.25, 0.3) is 0 Å². The molecule has 1 aromatic carbocycles. The molecule has 2 rings (SSSR count). The van der Waals surface area contributed by atoms with Crippen molar-refractivity contribution < 1.29 is 5.11 Å². The Balaban J connectivity index is 2.34. The Morgan fingerprint density at radius 3 is 2.47 bits per heavy atom. The van der Waals surface area contributed by atoms with Gasteiger partial charge in [-0.25, -0.2) is 0 Å². The highest BCUT2D eigenvalue weighted by atomic mass is 16.3. The molecule has 1 aliphatic rings. The van der Waals surface area contributed by atoms with Crippen LogP contribution in [0, 0.1) is 25.2 Å². The van der Waals surface area contributed by atoms with Crippen molar-refractivity contribution in [2.24, 2.45) is 17.1 Å². The monoisotopic (exact) mass is 261 g/mol. The van der Waals surface area contributed by atoms with Crippen LogP contribution in [0.2, 0.25) is 0 Å². The first-order chi connectivity index (χ1) is 9.04. The average molecular weight is 261 g/mol. The van der Waals surface area contributed by atoms with E-state index in [9.17, 15) is 5.11 Å². The predicted octanol–water partition coefficient (Wildman–Crippen LogP) is 3.49. The summed E-state index contributed by atoms with van der Waals surface area (Å²) in [5, 5.41) is 11.0. The number of aliphatic hydroxyl groups is 1. The predicted molar refractivity (Wildman–Crippen MR) is 80.0 cm³/mol.